The number of nitrogens with one attached hydrogen (secondary N) is 1. The van der Waals surface area contributed by atoms with Crippen LogP contribution in [0.15, 0.2) is 33.9 Å². The van der Waals surface area contributed by atoms with Gasteiger partial charge >= 0.3 is 0 Å². The third-order valence-corrected chi connectivity index (χ3v) is 3.46. The van der Waals surface area contributed by atoms with Crippen LogP contribution in [-0.2, 0) is 0 Å². The van der Waals surface area contributed by atoms with Crippen molar-refractivity contribution in [3.05, 3.63) is 33.8 Å². The number of nitrogens with zero attached hydrogens (tertiary/aromatic N) is 2. The lowest BCUT2D eigenvalue weighted by Crippen LogP contribution is -2.09. The predicted octanol–water partition coefficient (Wildman–Crippen LogP) is 3.69. The van der Waals surface area contributed by atoms with Gasteiger partial charge in [-0.05, 0) is 24.5 Å². The van der Waals surface area contributed by atoms with Crippen molar-refractivity contribution >= 4 is 45.1 Å². The standard InChI is InChI=1S/C11H10BrClN4OS/c1-19-11-15-9(17-14)5-10(16-11)18-8-3-2-6(12)4-7(8)13/h2-5H,14H2,1H3,(H,15,16,17). The van der Waals surface area contributed by atoms with Gasteiger partial charge in [-0.1, -0.05) is 39.3 Å². The average molecular weight is 362 g/mol. The molecule has 5 nitrogen and oxygen atoms in total. The molecule has 8 heteroatoms. The summed E-state index contributed by atoms with van der Waals surface area (Å²) in [6.45, 7) is 0. The van der Waals surface area contributed by atoms with E-state index < -0.39 is 0 Å². The Balaban J connectivity index is 2.31. The van der Waals surface area contributed by atoms with Gasteiger partial charge in [-0.25, -0.2) is 10.8 Å². The fourth-order valence-corrected chi connectivity index (χ4v) is 2.37. The third-order valence-electron chi connectivity index (χ3n) is 2.12. The molecule has 0 unspecified atom stereocenters. The van der Waals surface area contributed by atoms with E-state index in [-0.39, 0.29) is 0 Å². The largest absolute Gasteiger partial charge is 0.437 e. The molecule has 19 heavy (non-hydrogen) atoms. The number of halogens is 2. The molecule has 0 saturated carbocycles. The van der Waals surface area contributed by atoms with Crippen LogP contribution < -0.4 is 16.0 Å². The number of rotatable bonds is 4. The molecule has 0 aliphatic heterocycles. The van der Waals surface area contributed by atoms with Crippen molar-refractivity contribution in [2.45, 2.75) is 5.16 Å². The summed E-state index contributed by atoms with van der Waals surface area (Å²) in [6.07, 6.45) is 1.87. The molecule has 0 fully saturated rings. The number of nitrogen functional groups attached to an aromatic ring is 1. The molecule has 1 aromatic heterocycles. The van der Waals surface area contributed by atoms with Crippen LogP contribution in [0, 0.1) is 0 Å². The summed E-state index contributed by atoms with van der Waals surface area (Å²) in [5, 5.41) is 1.04. The Labute approximate surface area is 128 Å². The lowest BCUT2D eigenvalue weighted by Gasteiger charge is -2.09. The average Bonchev–Trinajstić information content (AvgIpc) is 2.41. The highest BCUT2D eigenvalue weighted by Gasteiger charge is 2.08. The maximum atomic E-state index is 6.08. The highest BCUT2D eigenvalue weighted by molar-refractivity contribution is 9.10. The van der Waals surface area contributed by atoms with E-state index in [0.717, 1.165) is 4.47 Å². The number of ether oxygens (including phenoxy) is 1. The van der Waals surface area contributed by atoms with Crippen LogP contribution in [0.2, 0.25) is 5.02 Å². The van der Waals surface area contributed by atoms with Crippen LogP contribution in [0.25, 0.3) is 0 Å². The molecule has 0 amide bonds. The molecule has 1 aromatic carbocycles. The van der Waals surface area contributed by atoms with Crippen LogP contribution in [-0.4, -0.2) is 16.2 Å². The van der Waals surface area contributed by atoms with Crippen LogP contribution in [0.5, 0.6) is 11.6 Å². The molecule has 0 aliphatic carbocycles. The van der Waals surface area contributed by atoms with Gasteiger partial charge in [-0.15, -0.1) is 0 Å². The molecule has 100 valence electrons. The number of aromatic nitrogens is 2. The van der Waals surface area contributed by atoms with Gasteiger partial charge in [-0.2, -0.15) is 4.98 Å². The number of anilines is 1. The number of benzene rings is 1. The van der Waals surface area contributed by atoms with Gasteiger partial charge in [0.1, 0.15) is 11.6 Å². The van der Waals surface area contributed by atoms with Gasteiger partial charge in [-0.3, -0.25) is 0 Å². The third kappa shape index (κ3) is 3.73. The fourth-order valence-electron chi connectivity index (χ4n) is 1.29. The first kappa shape index (κ1) is 14.4. The summed E-state index contributed by atoms with van der Waals surface area (Å²) in [7, 11) is 0. The van der Waals surface area contributed by atoms with Crippen LogP contribution in [0.1, 0.15) is 0 Å². The van der Waals surface area contributed by atoms with Crippen molar-refractivity contribution in [2.75, 3.05) is 11.7 Å². The summed E-state index contributed by atoms with van der Waals surface area (Å²) < 4.78 is 6.51. The molecule has 0 bridgehead atoms. The minimum atomic E-state index is 0.372. The summed E-state index contributed by atoms with van der Waals surface area (Å²) in [5.41, 5.74) is 2.47. The highest BCUT2D eigenvalue weighted by atomic mass is 79.9. The number of hydrogen-bond donors (Lipinski definition) is 2. The van der Waals surface area contributed by atoms with Gasteiger partial charge in [0, 0.05) is 10.5 Å². The first-order valence-electron chi connectivity index (χ1n) is 5.15. The molecule has 0 saturated heterocycles. The zero-order valence-corrected chi connectivity index (χ0v) is 13.0. The van der Waals surface area contributed by atoms with E-state index in [9.17, 15) is 0 Å². The molecule has 0 atom stereocenters. The van der Waals surface area contributed by atoms with E-state index in [4.69, 9.17) is 22.2 Å². The van der Waals surface area contributed by atoms with Crippen molar-refractivity contribution in [1.29, 1.82) is 0 Å². The van der Waals surface area contributed by atoms with E-state index in [1.165, 1.54) is 11.8 Å². The first-order chi connectivity index (χ1) is 9.12. The second-order valence-corrected chi connectivity index (χ2v) is 5.50. The van der Waals surface area contributed by atoms with E-state index in [1.54, 1.807) is 18.2 Å². The number of thioether (sulfide) groups is 1. The molecular weight excluding hydrogens is 352 g/mol. The molecule has 2 rings (SSSR count). The normalized spacial score (nSPS) is 10.3. The van der Waals surface area contributed by atoms with Crippen LogP contribution in [0.4, 0.5) is 5.82 Å². The SMILES string of the molecule is CSc1nc(NN)cc(Oc2ccc(Br)cc2Cl)n1. The van der Waals surface area contributed by atoms with E-state index in [2.05, 4.69) is 31.3 Å². The predicted molar refractivity (Wildman–Crippen MR) is 80.8 cm³/mol. The van der Waals surface area contributed by atoms with Gasteiger partial charge in [0.25, 0.3) is 0 Å². The quantitative estimate of drug-likeness (QED) is 0.374. The van der Waals surface area contributed by atoms with Gasteiger partial charge in [0.05, 0.1) is 5.02 Å². The zero-order valence-electron chi connectivity index (χ0n) is 9.85. The minimum Gasteiger partial charge on any atom is -0.437 e. The second-order valence-electron chi connectivity index (χ2n) is 3.40. The Bertz CT molecular complexity index is 577. The van der Waals surface area contributed by atoms with Crippen molar-refractivity contribution in [1.82, 2.24) is 9.97 Å². The topological polar surface area (TPSA) is 73.1 Å². The van der Waals surface area contributed by atoms with E-state index >= 15 is 0 Å². The molecule has 0 aliphatic rings. The maximum absolute atomic E-state index is 6.08. The monoisotopic (exact) mass is 360 g/mol. The molecule has 2 aromatic rings. The van der Waals surface area contributed by atoms with Crippen molar-refractivity contribution < 1.29 is 4.74 Å². The Morgan fingerprint density at radius 2 is 2.16 bits per heavy atom. The van der Waals surface area contributed by atoms with Gasteiger partial charge < -0.3 is 10.2 Å². The van der Waals surface area contributed by atoms with Crippen molar-refractivity contribution in [2.24, 2.45) is 5.84 Å². The Morgan fingerprint density at radius 1 is 1.37 bits per heavy atom. The lowest BCUT2D eigenvalue weighted by molar-refractivity contribution is 0.456. The zero-order chi connectivity index (χ0) is 13.8. The lowest BCUT2D eigenvalue weighted by atomic mass is 10.3. The molecule has 1 heterocycles. The molecule has 0 spiro atoms. The number of hydrogen-bond acceptors (Lipinski definition) is 6. The Kier molecular flexibility index (Phi) is 4.87. The van der Waals surface area contributed by atoms with Gasteiger partial charge in [0.2, 0.25) is 5.88 Å². The van der Waals surface area contributed by atoms with E-state index in [1.807, 2.05) is 12.3 Å². The second kappa shape index (κ2) is 6.42. The maximum Gasteiger partial charge on any atom is 0.225 e. The first-order valence-corrected chi connectivity index (χ1v) is 7.54. The van der Waals surface area contributed by atoms with Gasteiger partial charge in [0.15, 0.2) is 5.16 Å². The number of nitrogens with two attached hydrogens (primary N) is 1. The summed E-state index contributed by atoms with van der Waals surface area (Å²) in [5.74, 6) is 6.71. The minimum absolute atomic E-state index is 0.372. The molecule has 0 radical (unpaired) electrons. The smallest absolute Gasteiger partial charge is 0.225 e. The van der Waals surface area contributed by atoms with Crippen LogP contribution in [0.3, 0.4) is 0 Å². The molecule has 3 N–H and O–H groups in total. The summed E-state index contributed by atoms with van der Waals surface area (Å²) >= 11 is 10.8. The Morgan fingerprint density at radius 3 is 2.79 bits per heavy atom. The van der Waals surface area contributed by atoms with Crippen molar-refractivity contribution in [3.8, 4) is 11.6 Å². The summed E-state index contributed by atoms with van der Waals surface area (Å²) in [6, 6.07) is 6.93. The van der Waals surface area contributed by atoms with Crippen molar-refractivity contribution in [3.63, 3.8) is 0 Å². The summed E-state index contributed by atoms with van der Waals surface area (Å²) in [4.78, 5) is 8.37. The molecular formula is C11H10BrClN4OS. The van der Waals surface area contributed by atoms with E-state index in [0.29, 0.717) is 27.6 Å². The van der Waals surface area contributed by atoms with Crippen LogP contribution >= 0.6 is 39.3 Å². The fraction of sp³-hybridized carbons (Fsp3) is 0.0909. The highest BCUT2D eigenvalue weighted by Crippen LogP contribution is 2.32. The Hall–Kier alpha value is -1.02. The number of hydrazine groups is 1.